The Hall–Kier alpha value is -1.22. The van der Waals surface area contributed by atoms with Crippen molar-refractivity contribution >= 4 is 5.69 Å². The topological polar surface area (TPSA) is 38.5 Å². The van der Waals surface area contributed by atoms with Gasteiger partial charge in [0.25, 0.3) is 0 Å². The summed E-state index contributed by atoms with van der Waals surface area (Å²) in [7, 11) is 1.77. The minimum absolute atomic E-state index is 0.140. The van der Waals surface area contributed by atoms with Crippen LogP contribution < -0.4 is 15.4 Å². The third-order valence-corrected chi connectivity index (χ3v) is 5.18. The molecule has 2 N–H and O–H groups in total. The molecule has 0 spiro atoms. The van der Waals surface area contributed by atoms with E-state index in [1.165, 1.54) is 62.9 Å². The molecule has 3 nitrogen and oxygen atoms in total. The monoisotopic (exact) mass is 274 g/mol. The molecule has 1 heterocycles. The number of hydrogen-bond donors (Lipinski definition) is 1. The Labute approximate surface area is 122 Å². The Morgan fingerprint density at radius 1 is 1.15 bits per heavy atom. The zero-order valence-corrected chi connectivity index (χ0v) is 12.5. The molecule has 1 aromatic rings. The number of methoxy groups -OCH3 is 1. The second kappa shape index (κ2) is 5.65. The molecule has 20 heavy (non-hydrogen) atoms. The van der Waals surface area contributed by atoms with Crippen molar-refractivity contribution in [2.45, 2.75) is 43.9 Å². The highest BCUT2D eigenvalue weighted by molar-refractivity contribution is 5.56. The molecule has 1 aliphatic carbocycles. The predicted octanol–water partition coefficient (Wildman–Crippen LogP) is 3.07. The standard InChI is InChI=1S/C17H26N2O/c1-20-16-7-6-14(19-10-4-5-11-19)12-15(16)17(13-18)8-2-3-9-17/h6-7,12H,2-5,8-11,13,18H2,1H3. The van der Waals surface area contributed by atoms with Gasteiger partial charge in [-0.2, -0.15) is 0 Å². The van der Waals surface area contributed by atoms with Crippen LogP contribution in [0.25, 0.3) is 0 Å². The quantitative estimate of drug-likeness (QED) is 0.917. The number of nitrogens with two attached hydrogens (primary N) is 1. The lowest BCUT2D eigenvalue weighted by Gasteiger charge is -2.31. The predicted molar refractivity (Wildman–Crippen MR) is 83.6 cm³/mol. The van der Waals surface area contributed by atoms with Gasteiger partial charge in [-0.15, -0.1) is 0 Å². The number of ether oxygens (including phenoxy) is 1. The van der Waals surface area contributed by atoms with Crippen LogP contribution in [0.1, 0.15) is 44.1 Å². The van der Waals surface area contributed by atoms with Gasteiger partial charge in [0.15, 0.2) is 0 Å². The van der Waals surface area contributed by atoms with Crippen LogP contribution >= 0.6 is 0 Å². The number of benzene rings is 1. The van der Waals surface area contributed by atoms with Crippen molar-refractivity contribution in [1.29, 1.82) is 0 Å². The molecule has 0 atom stereocenters. The van der Waals surface area contributed by atoms with Crippen LogP contribution in [0.5, 0.6) is 5.75 Å². The average molecular weight is 274 g/mol. The fourth-order valence-corrected chi connectivity index (χ4v) is 3.92. The summed E-state index contributed by atoms with van der Waals surface area (Å²) >= 11 is 0. The van der Waals surface area contributed by atoms with Crippen LogP contribution in [-0.2, 0) is 5.41 Å². The number of hydrogen-bond acceptors (Lipinski definition) is 3. The first kappa shape index (κ1) is 13.7. The molecule has 1 saturated heterocycles. The molecular weight excluding hydrogens is 248 g/mol. The Morgan fingerprint density at radius 3 is 2.45 bits per heavy atom. The number of nitrogens with zero attached hydrogens (tertiary/aromatic N) is 1. The van der Waals surface area contributed by atoms with Gasteiger partial charge >= 0.3 is 0 Å². The van der Waals surface area contributed by atoms with Crippen LogP contribution in [0.3, 0.4) is 0 Å². The van der Waals surface area contributed by atoms with Crippen molar-refractivity contribution < 1.29 is 4.74 Å². The van der Waals surface area contributed by atoms with Gasteiger partial charge < -0.3 is 15.4 Å². The van der Waals surface area contributed by atoms with Crippen molar-refractivity contribution in [3.8, 4) is 5.75 Å². The number of anilines is 1. The van der Waals surface area contributed by atoms with E-state index in [1.807, 2.05) is 0 Å². The molecule has 0 aromatic heterocycles. The van der Waals surface area contributed by atoms with Gasteiger partial charge in [0.05, 0.1) is 7.11 Å². The van der Waals surface area contributed by atoms with Gasteiger partial charge in [-0.3, -0.25) is 0 Å². The molecule has 0 amide bonds. The molecule has 3 heteroatoms. The minimum Gasteiger partial charge on any atom is -0.496 e. The van der Waals surface area contributed by atoms with E-state index in [0.29, 0.717) is 0 Å². The molecule has 0 unspecified atom stereocenters. The lowest BCUT2D eigenvalue weighted by Crippen LogP contribution is -2.32. The van der Waals surface area contributed by atoms with E-state index in [1.54, 1.807) is 7.11 Å². The van der Waals surface area contributed by atoms with Gasteiger partial charge in [-0.1, -0.05) is 12.8 Å². The maximum absolute atomic E-state index is 6.16. The summed E-state index contributed by atoms with van der Waals surface area (Å²) in [5.74, 6) is 1.01. The van der Waals surface area contributed by atoms with Gasteiger partial charge in [0.2, 0.25) is 0 Å². The Bertz CT molecular complexity index is 460. The molecular formula is C17H26N2O. The molecule has 1 aliphatic heterocycles. The highest BCUT2D eigenvalue weighted by Gasteiger charge is 2.37. The van der Waals surface area contributed by atoms with Crippen LogP contribution in [0.4, 0.5) is 5.69 Å². The Morgan fingerprint density at radius 2 is 1.85 bits per heavy atom. The van der Waals surface area contributed by atoms with E-state index in [2.05, 4.69) is 23.1 Å². The second-order valence-corrected chi connectivity index (χ2v) is 6.27. The van der Waals surface area contributed by atoms with E-state index >= 15 is 0 Å². The third-order valence-electron chi connectivity index (χ3n) is 5.18. The SMILES string of the molecule is COc1ccc(N2CCCC2)cc1C1(CN)CCCC1. The molecule has 2 fully saturated rings. The minimum atomic E-state index is 0.140. The molecule has 3 rings (SSSR count). The lowest BCUT2D eigenvalue weighted by molar-refractivity contribution is 0.378. The Balaban J connectivity index is 2.00. The lowest BCUT2D eigenvalue weighted by atomic mass is 9.78. The normalized spacial score (nSPS) is 21.4. The first-order valence-corrected chi connectivity index (χ1v) is 7.93. The second-order valence-electron chi connectivity index (χ2n) is 6.27. The third kappa shape index (κ3) is 2.28. The van der Waals surface area contributed by atoms with Gasteiger partial charge in [0, 0.05) is 36.3 Å². The fraction of sp³-hybridized carbons (Fsp3) is 0.647. The molecule has 110 valence electrons. The maximum atomic E-state index is 6.16. The van der Waals surface area contributed by atoms with E-state index in [-0.39, 0.29) is 5.41 Å². The van der Waals surface area contributed by atoms with Gasteiger partial charge in [-0.25, -0.2) is 0 Å². The summed E-state index contributed by atoms with van der Waals surface area (Å²) in [6.07, 6.45) is 7.59. The summed E-state index contributed by atoms with van der Waals surface area (Å²) in [6, 6.07) is 6.69. The smallest absolute Gasteiger partial charge is 0.122 e. The highest BCUT2D eigenvalue weighted by Crippen LogP contribution is 2.45. The molecule has 1 saturated carbocycles. The average Bonchev–Trinajstić information content (AvgIpc) is 3.18. The first-order valence-electron chi connectivity index (χ1n) is 7.93. The van der Waals surface area contributed by atoms with Crippen LogP contribution in [0, 0.1) is 0 Å². The molecule has 0 radical (unpaired) electrons. The van der Waals surface area contributed by atoms with Crippen molar-refractivity contribution in [2.75, 3.05) is 31.6 Å². The van der Waals surface area contributed by atoms with Crippen molar-refractivity contribution in [1.82, 2.24) is 0 Å². The molecule has 1 aromatic carbocycles. The van der Waals surface area contributed by atoms with Gasteiger partial charge in [-0.05, 0) is 43.9 Å². The van der Waals surface area contributed by atoms with Crippen molar-refractivity contribution in [3.05, 3.63) is 23.8 Å². The van der Waals surface area contributed by atoms with Gasteiger partial charge in [0.1, 0.15) is 5.75 Å². The van der Waals surface area contributed by atoms with E-state index in [4.69, 9.17) is 10.5 Å². The van der Waals surface area contributed by atoms with Crippen LogP contribution in [0.2, 0.25) is 0 Å². The zero-order chi connectivity index (χ0) is 14.0. The fourth-order valence-electron chi connectivity index (χ4n) is 3.92. The zero-order valence-electron chi connectivity index (χ0n) is 12.5. The summed E-state index contributed by atoms with van der Waals surface area (Å²) in [4.78, 5) is 2.49. The van der Waals surface area contributed by atoms with Crippen LogP contribution in [0.15, 0.2) is 18.2 Å². The summed E-state index contributed by atoms with van der Waals surface area (Å²) in [5, 5.41) is 0. The van der Waals surface area contributed by atoms with E-state index < -0.39 is 0 Å². The van der Waals surface area contributed by atoms with Crippen molar-refractivity contribution in [3.63, 3.8) is 0 Å². The molecule has 2 aliphatic rings. The number of rotatable bonds is 4. The first-order chi connectivity index (χ1) is 9.79. The summed E-state index contributed by atoms with van der Waals surface area (Å²) in [6.45, 7) is 3.09. The summed E-state index contributed by atoms with van der Waals surface area (Å²) in [5.41, 5.74) is 8.98. The molecule has 0 bridgehead atoms. The van der Waals surface area contributed by atoms with Crippen LogP contribution in [-0.4, -0.2) is 26.7 Å². The van der Waals surface area contributed by atoms with Crippen molar-refractivity contribution in [2.24, 2.45) is 5.73 Å². The Kier molecular flexibility index (Phi) is 3.88. The highest BCUT2D eigenvalue weighted by atomic mass is 16.5. The van der Waals surface area contributed by atoms with E-state index in [0.717, 1.165) is 12.3 Å². The van der Waals surface area contributed by atoms with E-state index in [9.17, 15) is 0 Å². The largest absolute Gasteiger partial charge is 0.496 e. The maximum Gasteiger partial charge on any atom is 0.122 e. The summed E-state index contributed by atoms with van der Waals surface area (Å²) < 4.78 is 5.63.